The summed E-state index contributed by atoms with van der Waals surface area (Å²) in [5.74, 6) is -1.00. The van der Waals surface area contributed by atoms with E-state index in [1.165, 1.54) is 12.1 Å². The molecule has 0 bridgehead atoms. The van der Waals surface area contributed by atoms with Gasteiger partial charge >= 0.3 is 5.97 Å². The first-order chi connectivity index (χ1) is 9.29. The van der Waals surface area contributed by atoms with Crippen molar-refractivity contribution in [1.29, 1.82) is 0 Å². The van der Waals surface area contributed by atoms with E-state index in [1.807, 2.05) is 13.0 Å². The van der Waals surface area contributed by atoms with Gasteiger partial charge in [0.25, 0.3) is 0 Å². The molecule has 4 nitrogen and oxygen atoms in total. The van der Waals surface area contributed by atoms with E-state index < -0.39 is 15.8 Å². The van der Waals surface area contributed by atoms with Crippen LogP contribution in [0.1, 0.15) is 15.9 Å². The van der Waals surface area contributed by atoms with Crippen LogP contribution in [0, 0.1) is 6.92 Å². The number of benzene rings is 2. The smallest absolute Gasteiger partial charge is 0.336 e. The number of aryl methyl sites for hydroxylation is 1. The van der Waals surface area contributed by atoms with Crippen molar-refractivity contribution in [2.75, 3.05) is 6.26 Å². The number of carboxylic acids is 1. The lowest BCUT2D eigenvalue weighted by Gasteiger charge is -2.08. The minimum absolute atomic E-state index is 0.206. The molecule has 0 saturated carbocycles. The molecule has 104 valence electrons. The summed E-state index contributed by atoms with van der Waals surface area (Å²) >= 11 is 0. The van der Waals surface area contributed by atoms with Crippen molar-refractivity contribution in [3.63, 3.8) is 0 Å². The van der Waals surface area contributed by atoms with Crippen LogP contribution in [-0.2, 0) is 9.84 Å². The van der Waals surface area contributed by atoms with Gasteiger partial charge in [-0.25, -0.2) is 13.2 Å². The van der Waals surface area contributed by atoms with E-state index in [4.69, 9.17) is 0 Å². The molecule has 0 aliphatic rings. The summed E-state index contributed by atoms with van der Waals surface area (Å²) in [6, 6.07) is 11.4. The van der Waals surface area contributed by atoms with Crippen LogP contribution in [-0.4, -0.2) is 25.7 Å². The zero-order valence-electron chi connectivity index (χ0n) is 11.1. The van der Waals surface area contributed by atoms with Gasteiger partial charge in [0.1, 0.15) is 0 Å². The van der Waals surface area contributed by atoms with Gasteiger partial charge in [-0.2, -0.15) is 0 Å². The molecular weight excluding hydrogens is 276 g/mol. The summed E-state index contributed by atoms with van der Waals surface area (Å²) in [5, 5.41) is 9.24. The summed E-state index contributed by atoms with van der Waals surface area (Å²) in [6.45, 7) is 1.82. The number of hydrogen-bond donors (Lipinski definition) is 1. The van der Waals surface area contributed by atoms with Crippen molar-refractivity contribution < 1.29 is 18.3 Å². The molecule has 0 aliphatic carbocycles. The van der Waals surface area contributed by atoms with Gasteiger partial charge in [-0.1, -0.05) is 29.8 Å². The van der Waals surface area contributed by atoms with Crippen LogP contribution < -0.4 is 0 Å². The molecule has 0 atom stereocenters. The maximum atomic E-state index is 11.4. The zero-order chi connectivity index (χ0) is 14.9. The highest BCUT2D eigenvalue weighted by Crippen LogP contribution is 2.26. The third-order valence-corrected chi connectivity index (χ3v) is 4.13. The standard InChI is InChI=1S/C15H14O4S/c1-10-3-8-13(14(9-10)15(16)17)11-4-6-12(7-5-11)20(2,18)19/h3-9H,1-2H3,(H,16,17). The Morgan fingerprint density at radius 3 is 2.15 bits per heavy atom. The van der Waals surface area contributed by atoms with Gasteiger partial charge in [-0.05, 0) is 36.2 Å². The lowest BCUT2D eigenvalue weighted by Crippen LogP contribution is -2.01. The maximum Gasteiger partial charge on any atom is 0.336 e. The van der Waals surface area contributed by atoms with Gasteiger partial charge < -0.3 is 5.11 Å². The largest absolute Gasteiger partial charge is 0.478 e. The molecule has 0 fully saturated rings. The van der Waals surface area contributed by atoms with E-state index in [1.54, 1.807) is 24.3 Å². The molecule has 20 heavy (non-hydrogen) atoms. The molecule has 1 N–H and O–H groups in total. The molecule has 0 aromatic heterocycles. The molecule has 2 aromatic carbocycles. The quantitative estimate of drug-likeness (QED) is 0.943. The summed E-state index contributed by atoms with van der Waals surface area (Å²) in [6.07, 6.45) is 1.14. The van der Waals surface area contributed by atoms with E-state index in [2.05, 4.69) is 0 Å². The summed E-state index contributed by atoms with van der Waals surface area (Å²) < 4.78 is 22.8. The number of hydrogen-bond acceptors (Lipinski definition) is 3. The number of aromatic carboxylic acids is 1. The van der Waals surface area contributed by atoms with Crippen molar-refractivity contribution in [2.24, 2.45) is 0 Å². The van der Waals surface area contributed by atoms with Crippen molar-refractivity contribution in [3.8, 4) is 11.1 Å². The molecule has 0 spiro atoms. The Hall–Kier alpha value is -2.14. The van der Waals surface area contributed by atoms with Gasteiger partial charge in [0, 0.05) is 6.26 Å². The highest BCUT2D eigenvalue weighted by molar-refractivity contribution is 7.90. The average molecular weight is 290 g/mol. The first kappa shape index (κ1) is 14.3. The van der Waals surface area contributed by atoms with Crippen molar-refractivity contribution in [1.82, 2.24) is 0 Å². The SMILES string of the molecule is Cc1ccc(-c2ccc(S(C)(=O)=O)cc2)c(C(=O)O)c1. The number of carbonyl (C=O) groups is 1. The van der Waals surface area contributed by atoms with Crippen LogP contribution in [0.2, 0.25) is 0 Å². The predicted molar refractivity (Wildman–Crippen MR) is 76.7 cm³/mol. The van der Waals surface area contributed by atoms with Crippen LogP contribution in [0.4, 0.5) is 0 Å². The van der Waals surface area contributed by atoms with Crippen molar-refractivity contribution >= 4 is 15.8 Å². The summed E-state index contributed by atoms with van der Waals surface area (Å²) in [7, 11) is -3.25. The van der Waals surface area contributed by atoms with Crippen molar-refractivity contribution in [3.05, 3.63) is 53.6 Å². The lowest BCUT2D eigenvalue weighted by molar-refractivity contribution is 0.0697. The van der Waals surface area contributed by atoms with Crippen LogP contribution in [0.3, 0.4) is 0 Å². The van der Waals surface area contributed by atoms with E-state index in [0.29, 0.717) is 11.1 Å². The minimum Gasteiger partial charge on any atom is -0.478 e. The van der Waals surface area contributed by atoms with Gasteiger partial charge in [0.05, 0.1) is 10.5 Å². The minimum atomic E-state index is -3.25. The normalized spacial score (nSPS) is 11.3. The molecule has 0 aliphatic heterocycles. The molecular formula is C15H14O4S. The summed E-state index contributed by atoms with van der Waals surface area (Å²) in [5.41, 5.74) is 2.31. The molecule has 0 amide bonds. The highest BCUT2D eigenvalue weighted by Gasteiger charge is 2.13. The Morgan fingerprint density at radius 1 is 1.05 bits per heavy atom. The Bertz CT molecular complexity index is 759. The Morgan fingerprint density at radius 2 is 1.65 bits per heavy atom. The van der Waals surface area contributed by atoms with Gasteiger partial charge in [-0.15, -0.1) is 0 Å². The number of sulfone groups is 1. The topological polar surface area (TPSA) is 71.4 Å². The number of rotatable bonds is 3. The van der Waals surface area contributed by atoms with Gasteiger partial charge in [0.15, 0.2) is 9.84 Å². The molecule has 0 saturated heterocycles. The third-order valence-electron chi connectivity index (χ3n) is 3.00. The maximum absolute atomic E-state index is 11.4. The second-order valence-corrected chi connectivity index (χ2v) is 6.67. The van der Waals surface area contributed by atoms with E-state index in [-0.39, 0.29) is 10.5 Å². The Labute approximate surface area is 117 Å². The second-order valence-electron chi connectivity index (χ2n) is 4.65. The highest BCUT2D eigenvalue weighted by atomic mass is 32.2. The van der Waals surface area contributed by atoms with Crippen molar-refractivity contribution in [2.45, 2.75) is 11.8 Å². The monoisotopic (exact) mass is 290 g/mol. The zero-order valence-corrected chi connectivity index (χ0v) is 11.9. The summed E-state index contributed by atoms with van der Waals surface area (Å²) in [4.78, 5) is 11.5. The van der Waals surface area contributed by atoms with E-state index >= 15 is 0 Å². The molecule has 5 heteroatoms. The van der Waals surface area contributed by atoms with Gasteiger partial charge in [-0.3, -0.25) is 0 Å². The molecule has 2 rings (SSSR count). The lowest BCUT2D eigenvalue weighted by atomic mass is 9.98. The van der Waals surface area contributed by atoms with Crippen LogP contribution in [0.25, 0.3) is 11.1 Å². The fourth-order valence-corrected chi connectivity index (χ4v) is 2.60. The number of carboxylic acid groups (broad SMARTS) is 1. The van der Waals surface area contributed by atoms with E-state index in [0.717, 1.165) is 11.8 Å². The first-order valence-electron chi connectivity index (χ1n) is 5.93. The molecule has 0 radical (unpaired) electrons. The molecule has 2 aromatic rings. The van der Waals surface area contributed by atoms with Crippen LogP contribution >= 0.6 is 0 Å². The first-order valence-corrected chi connectivity index (χ1v) is 7.82. The van der Waals surface area contributed by atoms with Gasteiger partial charge in [0.2, 0.25) is 0 Å². The fourth-order valence-electron chi connectivity index (χ4n) is 1.97. The van der Waals surface area contributed by atoms with Crippen LogP contribution in [0.5, 0.6) is 0 Å². The third kappa shape index (κ3) is 2.88. The van der Waals surface area contributed by atoms with E-state index in [9.17, 15) is 18.3 Å². The Kier molecular flexibility index (Phi) is 3.63. The fraction of sp³-hybridized carbons (Fsp3) is 0.133. The molecule has 0 heterocycles. The average Bonchev–Trinajstić information content (AvgIpc) is 2.37. The van der Waals surface area contributed by atoms with Crippen LogP contribution in [0.15, 0.2) is 47.4 Å². The Balaban J connectivity index is 2.55. The second kappa shape index (κ2) is 5.09. The predicted octanol–water partition coefficient (Wildman–Crippen LogP) is 2.76. The molecule has 0 unspecified atom stereocenters.